The Morgan fingerprint density at radius 1 is 1.32 bits per heavy atom. The second-order valence-corrected chi connectivity index (χ2v) is 4.82. The van der Waals surface area contributed by atoms with Crippen LogP contribution in [-0.2, 0) is 0 Å². The molecule has 0 atom stereocenters. The third-order valence-electron chi connectivity index (χ3n) is 3.29. The molecule has 0 aliphatic rings. The van der Waals surface area contributed by atoms with Crippen molar-refractivity contribution < 1.29 is 9.53 Å². The number of carbonyl (C=O) groups is 1. The van der Waals surface area contributed by atoms with E-state index in [-0.39, 0.29) is 5.91 Å². The predicted octanol–water partition coefficient (Wildman–Crippen LogP) is 1.88. The Balaban J connectivity index is 1.97. The number of amides is 1. The number of benzene rings is 1. The van der Waals surface area contributed by atoms with E-state index in [2.05, 4.69) is 15.4 Å². The number of carbonyl (C=O) groups excluding carboxylic acids is 1. The lowest BCUT2D eigenvalue weighted by atomic mass is 10.2. The number of fused-ring (bicyclic) bond motifs is 1. The Kier molecular flexibility index (Phi) is 3.38. The van der Waals surface area contributed by atoms with E-state index in [9.17, 15) is 4.79 Å². The molecule has 0 radical (unpaired) electrons. The summed E-state index contributed by atoms with van der Waals surface area (Å²) in [5, 5.41) is 7.03. The number of ether oxygens (including phenoxy) is 1. The first-order valence-corrected chi connectivity index (χ1v) is 6.65. The number of aryl methyl sites for hydroxylation is 1. The minimum absolute atomic E-state index is 0.315. The van der Waals surface area contributed by atoms with E-state index in [1.54, 1.807) is 24.3 Å². The average Bonchev–Trinajstić information content (AvgIpc) is 2.93. The van der Waals surface area contributed by atoms with Crippen molar-refractivity contribution in [2.75, 3.05) is 18.2 Å². The highest BCUT2D eigenvalue weighted by Crippen LogP contribution is 2.19. The molecule has 7 heteroatoms. The zero-order valence-corrected chi connectivity index (χ0v) is 12.2. The molecule has 0 saturated heterocycles. The molecule has 0 aliphatic heterocycles. The average molecular weight is 297 g/mol. The van der Waals surface area contributed by atoms with Crippen molar-refractivity contribution in [2.45, 2.75) is 6.92 Å². The zero-order chi connectivity index (χ0) is 15.7. The molecule has 3 aromatic rings. The minimum Gasteiger partial charge on any atom is -0.480 e. The van der Waals surface area contributed by atoms with Crippen molar-refractivity contribution in [1.82, 2.24) is 14.6 Å². The molecule has 22 heavy (non-hydrogen) atoms. The van der Waals surface area contributed by atoms with Crippen LogP contribution in [0, 0.1) is 6.92 Å². The van der Waals surface area contributed by atoms with Gasteiger partial charge in [0.25, 0.3) is 5.91 Å². The van der Waals surface area contributed by atoms with E-state index in [0.717, 1.165) is 5.56 Å². The summed E-state index contributed by atoms with van der Waals surface area (Å²) >= 11 is 0. The maximum Gasteiger partial charge on any atom is 0.276 e. The third kappa shape index (κ3) is 2.44. The van der Waals surface area contributed by atoms with Gasteiger partial charge in [0.2, 0.25) is 5.88 Å². The number of hydrogen-bond acceptors (Lipinski definition) is 5. The topological polar surface area (TPSA) is 94.5 Å². The SMILES string of the molecule is COc1ccc2ncc(C(=O)Nc3cc(N)ccc3C)n2n1. The summed E-state index contributed by atoms with van der Waals surface area (Å²) in [5.41, 5.74) is 8.79. The number of nitrogen functional groups attached to an aromatic ring is 1. The number of methoxy groups -OCH3 is 1. The van der Waals surface area contributed by atoms with E-state index in [1.807, 2.05) is 13.0 Å². The molecule has 1 amide bonds. The number of nitrogens with zero attached hydrogens (tertiary/aromatic N) is 3. The Labute approximate surface area is 126 Å². The fourth-order valence-electron chi connectivity index (χ4n) is 2.08. The number of aromatic nitrogens is 3. The molecule has 0 saturated carbocycles. The first-order valence-electron chi connectivity index (χ1n) is 6.65. The molecule has 7 nitrogen and oxygen atoms in total. The van der Waals surface area contributed by atoms with E-state index in [4.69, 9.17) is 10.5 Å². The van der Waals surface area contributed by atoms with Gasteiger partial charge in [0.15, 0.2) is 11.3 Å². The first-order chi connectivity index (χ1) is 10.6. The molecule has 0 aliphatic carbocycles. The molecule has 3 N–H and O–H groups in total. The van der Waals surface area contributed by atoms with Crippen molar-refractivity contribution in [2.24, 2.45) is 0 Å². The molecule has 1 aromatic carbocycles. The first kappa shape index (κ1) is 13.9. The number of hydrogen-bond donors (Lipinski definition) is 2. The van der Waals surface area contributed by atoms with Gasteiger partial charge in [0, 0.05) is 17.4 Å². The summed E-state index contributed by atoms with van der Waals surface area (Å²) < 4.78 is 6.51. The molecular formula is C15H15N5O2. The van der Waals surface area contributed by atoms with Crippen LogP contribution >= 0.6 is 0 Å². The molecule has 0 fully saturated rings. The highest BCUT2D eigenvalue weighted by Gasteiger charge is 2.15. The number of anilines is 2. The number of rotatable bonds is 3. The summed E-state index contributed by atoms with van der Waals surface area (Å²) in [7, 11) is 1.51. The van der Waals surface area contributed by atoms with Crippen LogP contribution in [0.3, 0.4) is 0 Å². The monoisotopic (exact) mass is 297 g/mol. The van der Waals surface area contributed by atoms with E-state index >= 15 is 0 Å². The lowest BCUT2D eigenvalue weighted by Gasteiger charge is -2.09. The highest BCUT2D eigenvalue weighted by atomic mass is 16.5. The molecular weight excluding hydrogens is 282 g/mol. The Hall–Kier alpha value is -3.09. The van der Waals surface area contributed by atoms with Crippen molar-refractivity contribution in [3.05, 3.63) is 47.8 Å². The Bertz CT molecular complexity index is 856. The second-order valence-electron chi connectivity index (χ2n) is 4.82. The summed E-state index contributed by atoms with van der Waals surface area (Å²) in [6.45, 7) is 1.89. The van der Waals surface area contributed by atoms with Gasteiger partial charge in [-0.2, -0.15) is 0 Å². The standard InChI is InChI=1S/C15H15N5O2/c1-9-3-4-10(16)7-11(9)18-15(21)12-8-17-13-5-6-14(22-2)19-20(12)13/h3-8H,16H2,1-2H3,(H,18,21). The molecule has 3 rings (SSSR count). The van der Waals surface area contributed by atoms with Gasteiger partial charge < -0.3 is 15.8 Å². The number of nitrogens with one attached hydrogen (secondary N) is 1. The van der Waals surface area contributed by atoms with Crippen LogP contribution in [0.15, 0.2) is 36.5 Å². The van der Waals surface area contributed by atoms with Crippen LogP contribution in [-0.4, -0.2) is 27.6 Å². The lowest BCUT2D eigenvalue weighted by molar-refractivity contribution is 0.102. The zero-order valence-electron chi connectivity index (χ0n) is 12.2. The van der Waals surface area contributed by atoms with Gasteiger partial charge in [-0.3, -0.25) is 4.79 Å². The summed E-state index contributed by atoms with van der Waals surface area (Å²) in [5.74, 6) is 0.0849. The molecule has 2 aromatic heterocycles. The van der Waals surface area contributed by atoms with Crippen LogP contribution in [0.1, 0.15) is 16.1 Å². The fourth-order valence-corrected chi connectivity index (χ4v) is 2.08. The van der Waals surface area contributed by atoms with Crippen LogP contribution in [0.2, 0.25) is 0 Å². The van der Waals surface area contributed by atoms with Gasteiger partial charge in [-0.25, -0.2) is 9.50 Å². The van der Waals surface area contributed by atoms with Crippen LogP contribution in [0.25, 0.3) is 5.65 Å². The van der Waals surface area contributed by atoms with Gasteiger partial charge in [0.05, 0.1) is 13.3 Å². The largest absolute Gasteiger partial charge is 0.480 e. The quantitative estimate of drug-likeness (QED) is 0.720. The van der Waals surface area contributed by atoms with Gasteiger partial charge in [-0.05, 0) is 30.7 Å². The van der Waals surface area contributed by atoms with Gasteiger partial charge in [-0.1, -0.05) is 6.07 Å². The molecule has 0 unspecified atom stereocenters. The maximum absolute atomic E-state index is 12.5. The highest BCUT2D eigenvalue weighted by molar-refractivity contribution is 6.04. The van der Waals surface area contributed by atoms with Crippen LogP contribution in [0.5, 0.6) is 5.88 Å². The molecule has 112 valence electrons. The molecule has 0 spiro atoms. The minimum atomic E-state index is -0.318. The smallest absolute Gasteiger partial charge is 0.276 e. The Morgan fingerprint density at radius 2 is 2.14 bits per heavy atom. The van der Waals surface area contributed by atoms with Crippen molar-refractivity contribution in [3.63, 3.8) is 0 Å². The number of imidazole rings is 1. The summed E-state index contributed by atoms with van der Waals surface area (Å²) in [6.07, 6.45) is 1.47. The number of nitrogens with two attached hydrogens (primary N) is 1. The maximum atomic E-state index is 12.5. The van der Waals surface area contributed by atoms with Gasteiger partial charge in [-0.15, -0.1) is 5.10 Å². The lowest BCUT2D eigenvalue weighted by Crippen LogP contribution is -2.16. The van der Waals surface area contributed by atoms with E-state index < -0.39 is 0 Å². The molecule has 2 heterocycles. The van der Waals surface area contributed by atoms with E-state index in [1.165, 1.54) is 17.8 Å². The van der Waals surface area contributed by atoms with Crippen molar-refractivity contribution >= 4 is 22.9 Å². The van der Waals surface area contributed by atoms with E-state index in [0.29, 0.717) is 28.6 Å². The summed E-state index contributed by atoms with van der Waals surface area (Å²) in [6, 6.07) is 8.76. The van der Waals surface area contributed by atoms with Gasteiger partial charge in [0.1, 0.15) is 0 Å². The Morgan fingerprint density at radius 3 is 2.91 bits per heavy atom. The molecule has 0 bridgehead atoms. The predicted molar refractivity (Wildman–Crippen MR) is 83.1 cm³/mol. The van der Waals surface area contributed by atoms with Crippen LogP contribution < -0.4 is 15.8 Å². The fraction of sp³-hybridized carbons (Fsp3) is 0.133. The van der Waals surface area contributed by atoms with Crippen molar-refractivity contribution in [3.8, 4) is 5.88 Å². The summed E-state index contributed by atoms with van der Waals surface area (Å²) in [4.78, 5) is 16.6. The van der Waals surface area contributed by atoms with Gasteiger partial charge >= 0.3 is 0 Å². The van der Waals surface area contributed by atoms with Crippen molar-refractivity contribution in [1.29, 1.82) is 0 Å². The second kappa shape index (κ2) is 5.36. The van der Waals surface area contributed by atoms with Crippen LogP contribution in [0.4, 0.5) is 11.4 Å². The normalized spacial score (nSPS) is 10.6. The third-order valence-corrected chi connectivity index (χ3v) is 3.29.